The minimum atomic E-state index is -0.795. The van der Waals surface area contributed by atoms with Crippen molar-refractivity contribution in [1.82, 2.24) is 0 Å². The second-order valence-electron chi connectivity index (χ2n) is 20.9. The van der Waals surface area contributed by atoms with Crippen molar-refractivity contribution in [3.8, 4) is 0 Å². The van der Waals surface area contributed by atoms with Gasteiger partial charge in [0.1, 0.15) is 13.2 Å². The Morgan fingerprint density at radius 2 is 0.506 bits per heavy atom. The molecule has 0 saturated heterocycles. The normalized spacial score (nSPS) is 12.9. The zero-order chi connectivity index (χ0) is 55.7. The molecule has 0 fully saturated rings. The smallest absolute Gasteiger partial charge is 0.306 e. The first-order valence-electron chi connectivity index (χ1n) is 32.0. The fourth-order valence-corrected chi connectivity index (χ4v) is 8.62. The van der Waals surface area contributed by atoms with Crippen LogP contribution in [0.4, 0.5) is 0 Å². The summed E-state index contributed by atoms with van der Waals surface area (Å²) in [5, 5.41) is 0. The maximum Gasteiger partial charge on any atom is 0.306 e. The molecule has 0 aromatic heterocycles. The summed E-state index contributed by atoms with van der Waals surface area (Å²) < 4.78 is 16.9. The maximum atomic E-state index is 12.9. The van der Waals surface area contributed by atoms with Gasteiger partial charge in [0.2, 0.25) is 0 Å². The highest BCUT2D eigenvalue weighted by Crippen LogP contribution is 2.14. The van der Waals surface area contributed by atoms with E-state index in [0.29, 0.717) is 19.3 Å². The third-order valence-electron chi connectivity index (χ3n) is 13.4. The van der Waals surface area contributed by atoms with E-state index < -0.39 is 6.10 Å². The van der Waals surface area contributed by atoms with Crippen molar-refractivity contribution in [2.24, 2.45) is 0 Å². The van der Waals surface area contributed by atoms with Crippen LogP contribution in [0.5, 0.6) is 0 Å². The number of esters is 3. The molecular formula is C71H118O6. The van der Waals surface area contributed by atoms with Crippen molar-refractivity contribution < 1.29 is 28.6 Å². The monoisotopic (exact) mass is 1070 g/mol. The second kappa shape index (κ2) is 64.3. The van der Waals surface area contributed by atoms with Crippen molar-refractivity contribution in [3.05, 3.63) is 122 Å². The van der Waals surface area contributed by atoms with Crippen LogP contribution < -0.4 is 0 Å². The van der Waals surface area contributed by atoms with Crippen molar-refractivity contribution >= 4 is 17.9 Å². The van der Waals surface area contributed by atoms with Crippen LogP contribution in [-0.2, 0) is 28.6 Å². The van der Waals surface area contributed by atoms with Crippen LogP contribution in [0.25, 0.3) is 0 Å². The van der Waals surface area contributed by atoms with Crippen molar-refractivity contribution in [2.45, 2.75) is 297 Å². The number of hydrogen-bond acceptors (Lipinski definition) is 6. The van der Waals surface area contributed by atoms with Crippen molar-refractivity contribution in [3.63, 3.8) is 0 Å². The summed E-state index contributed by atoms with van der Waals surface area (Å²) in [6, 6.07) is 0. The molecule has 0 aromatic rings. The summed E-state index contributed by atoms with van der Waals surface area (Å²) in [6.07, 6.45) is 89.1. The molecule has 77 heavy (non-hydrogen) atoms. The molecule has 1 atom stereocenters. The Morgan fingerprint density at radius 3 is 0.805 bits per heavy atom. The summed E-state index contributed by atoms with van der Waals surface area (Å²) in [5.41, 5.74) is 0. The Hall–Kier alpha value is -4.19. The number of rotatable bonds is 57. The molecule has 438 valence electrons. The molecule has 0 radical (unpaired) electrons. The molecule has 0 aromatic carbocycles. The second-order valence-corrected chi connectivity index (χ2v) is 20.9. The topological polar surface area (TPSA) is 78.9 Å². The lowest BCUT2D eigenvalue weighted by Crippen LogP contribution is -2.30. The van der Waals surface area contributed by atoms with Crippen LogP contribution in [0.3, 0.4) is 0 Å². The molecule has 0 rings (SSSR count). The first-order valence-corrected chi connectivity index (χ1v) is 32.0. The van der Waals surface area contributed by atoms with E-state index >= 15 is 0 Å². The van der Waals surface area contributed by atoms with Gasteiger partial charge in [-0.3, -0.25) is 14.4 Å². The Labute approximate surface area is 475 Å². The van der Waals surface area contributed by atoms with Gasteiger partial charge < -0.3 is 14.2 Å². The average molecular weight is 1070 g/mol. The van der Waals surface area contributed by atoms with Gasteiger partial charge in [-0.1, -0.05) is 258 Å². The van der Waals surface area contributed by atoms with Gasteiger partial charge in [0.25, 0.3) is 0 Å². The van der Waals surface area contributed by atoms with E-state index in [4.69, 9.17) is 14.2 Å². The van der Waals surface area contributed by atoms with E-state index in [1.165, 1.54) is 109 Å². The Morgan fingerprint density at radius 1 is 0.273 bits per heavy atom. The van der Waals surface area contributed by atoms with Crippen LogP contribution in [-0.4, -0.2) is 37.2 Å². The highest BCUT2D eigenvalue weighted by Gasteiger charge is 2.19. The molecule has 6 nitrogen and oxygen atoms in total. The Balaban J connectivity index is 4.33. The molecule has 0 saturated carbocycles. The molecule has 0 aliphatic carbocycles. The molecule has 0 bridgehead atoms. The molecule has 0 aliphatic heterocycles. The summed E-state index contributed by atoms with van der Waals surface area (Å²) in [4.78, 5) is 38.2. The first kappa shape index (κ1) is 72.8. The number of ether oxygens (including phenoxy) is 3. The summed E-state index contributed by atoms with van der Waals surface area (Å²) in [7, 11) is 0. The molecule has 0 N–H and O–H groups in total. The highest BCUT2D eigenvalue weighted by atomic mass is 16.6. The fourth-order valence-electron chi connectivity index (χ4n) is 8.62. The lowest BCUT2D eigenvalue weighted by atomic mass is 10.1. The molecule has 6 heteroatoms. The van der Waals surface area contributed by atoms with Crippen molar-refractivity contribution in [1.29, 1.82) is 0 Å². The van der Waals surface area contributed by atoms with Gasteiger partial charge in [-0.2, -0.15) is 0 Å². The summed E-state index contributed by atoms with van der Waals surface area (Å²) in [6.45, 7) is 6.49. The van der Waals surface area contributed by atoms with Gasteiger partial charge in [-0.05, 0) is 135 Å². The minimum Gasteiger partial charge on any atom is -0.462 e. The van der Waals surface area contributed by atoms with E-state index in [2.05, 4.69) is 142 Å². The van der Waals surface area contributed by atoms with E-state index in [9.17, 15) is 14.4 Å². The molecule has 0 heterocycles. The lowest BCUT2D eigenvalue weighted by Gasteiger charge is -2.18. The quantitative estimate of drug-likeness (QED) is 0.0261. The zero-order valence-corrected chi connectivity index (χ0v) is 50.2. The maximum absolute atomic E-state index is 12.9. The summed E-state index contributed by atoms with van der Waals surface area (Å²) in [5.74, 6) is -0.919. The van der Waals surface area contributed by atoms with Crippen LogP contribution >= 0.6 is 0 Å². The highest BCUT2D eigenvalue weighted by molar-refractivity contribution is 5.71. The number of carbonyl (C=O) groups is 3. The Kier molecular flexibility index (Phi) is 60.8. The largest absolute Gasteiger partial charge is 0.462 e. The van der Waals surface area contributed by atoms with Gasteiger partial charge in [0.05, 0.1) is 0 Å². The standard InChI is InChI=1S/C71H118O6/c1-4-7-10-13-16-19-22-25-28-29-30-31-32-33-34-35-36-37-38-39-40-41-42-43-44-47-49-52-55-58-61-64-70(73)76-67-68(77-71(74)65-62-59-56-53-50-46-27-24-21-18-15-12-9-6-3)66-75-69(72)63-60-57-54-51-48-45-26-23-20-17-14-11-8-5-2/h7,10,16,19,23-28,30-31,33-34,36-37,39-40,42-43,68H,4-6,8-9,11-15,17-18,20-22,29,32,35,38,41,44-67H2,1-3H3/b10-7-,19-16-,26-23-,27-24-,28-25-,31-30-,34-33-,37-36-,40-39-,43-42-. The predicted molar refractivity (Wildman–Crippen MR) is 334 cm³/mol. The number of carbonyl (C=O) groups excluding carboxylic acids is 3. The fraction of sp³-hybridized carbons (Fsp3) is 0.676. The summed E-state index contributed by atoms with van der Waals surface area (Å²) >= 11 is 0. The number of unbranched alkanes of at least 4 members (excludes halogenated alkanes) is 26. The third-order valence-corrected chi connectivity index (χ3v) is 13.4. The van der Waals surface area contributed by atoms with Gasteiger partial charge in [0.15, 0.2) is 6.10 Å². The molecule has 0 aliphatic rings. The van der Waals surface area contributed by atoms with Gasteiger partial charge in [0, 0.05) is 19.3 Å². The first-order chi connectivity index (χ1) is 38.0. The van der Waals surface area contributed by atoms with Crippen LogP contribution in [0.15, 0.2) is 122 Å². The van der Waals surface area contributed by atoms with E-state index in [-0.39, 0.29) is 31.1 Å². The van der Waals surface area contributed by atoms with Crippen molar-refractivity contribution in [2.75, 3.05) is 13.2 Å². The molecular weight excluding hydrogens is 949 g/mol. The van der Waals surface area contributed by atoms with Crippen LogP contribution in [0.1, 0.15) is 290 Å². The zero-order valence-electron chi connectivity index (χ0n) is 50.2. The molecule has 0 amide bonds. The van der Waals surface area contributed by atoms with Gasteiger partial charge >= 0.3 is 17.9 Å². The SMILES string of the molecule is CC/C=C\C/C=C\C/C=C\C/C=C\C/C=C\C/C=C\C/C=C\C/C=C\CCCCCCCCC(=O)OCC(COC(=O)CCCCCCC/C=C\CCCCCCC)OC(=O)CCCCCCC/C=C\CCCCCCC. The molecule has 1 unspecified atom stereocenters. The Bertz CT molecular complexity index is 1600. The lowest BCUT2D eigenvalue weighted by molar-refractivity contribution is -0.167. The molecule has 0 spiro atoms. The van der Waals surface area contributed by atoms with Crippen LogP contribution in [0.2, 0.25) is 0 Å². The van der Waals surface area contributed by atoms with E-state index in [1.807, 2.05) is 0 Å². The van der Waals surface area contributed by atoms with Gasteiger partial charge in [-0.25, -0.2) is 0 Å². The predicted octanol–water partition coefficient (Wildman–Crippen LogP) is 22.0. The van der Waals surface area contributed by atoms with E-state index in [0.717, 1.165) is 141 Å². The number of allylic oxidation sites excluding steroid dienone is 20. The van der Waals surface area contributed by atoms with Crippen LogP contribution in [0, 0.1) is 0 Å². The minimum absolute atomic E-state index is 0.0913. The van der Waals surface area contributed by atoms with E-state index in [1.54, 1.807) is 0 Å². The third kappa shape index (κ3) is 62.5. The average Bonchev–Trinajstić information content (AvgIpc) is 3.43. The number of hydrogen-bond donors (Lipinski definition) is 0. The van der Waals surface area contributed by atoms with Gasteiger partial charge in [-0.15, -0.1) is 0 Å².